The Morgan fingerprint density at radius 1 is 1.28 bits per heavy atom. The second kappa shape index (κ2) is 8.11. The molecule has 0 spiro atoms. The van der Waals surface area contributed by atoms with Crippen molar-refractivity contribution in [1.29, 1.82) is 0 Å². The number of rotatable bonds is 7. The lowest BCUT2D eigenvalue weighted by Crippen LogP contribution is -2.31. The maximum absolute atomic E-state index is 11.5. The van der Waals surface area contributed by atoms with Crippen LogP contribution in [-0.2, 0) is 16.1 Å². The van der Waals surface area contributed by atoms with Crippen molar-refractivity contribution in [3.63, 3.8) is 0 Å². The fourth-order valence-corrected chi connectivity index (χ4v) is 1.89. The summed E-state index contributed by atoms with van der Waals surface area (Å²) in [5.74, 6) is -0.167. The molecule has 0 bridgehead atoms. The van der Waals surface area contributed by atoms with Crippen LogP contribution in [0.15, 0.2) is 24.3 Å². The summed E-state index contributed by atoms with van der Waals surface area (Å²) < 4.78 is 4.97. The minimum atomic E-state index is -0.167. The number of nitrogens with zero attached hydrogens (tertiary/aromatic N) is 1. The van der Waals surface area contributed by atoms with E-state index in [0.29, 0.717) is 13.2 Å². The van der Waals surface area contributed by atoms with Crippen LogP contribution in [0.3, 0.4) is 0 Å². The molecule has 0 aromatic heterocycles. The van der Waals surface area contributed by atoms with Gasteiger partial charge >= 0.3 is 5.97 Å². The normalized spacial score (nSPS) is 10.7. The molecule has 0 N–H and O–H groups in total. The molecule has 0 heterocycles. The third-order valence-corrected chi connectivity index (χ3v) is 2.77. The summed E-state index contributed by atoms with van der Waals surface area (Å²) in [5.41, 5.74) is 1.15. The number of carbonyl (C=O) groups excluding carboxylic acids is 1. The van der Waals surface area contributed by atoms with Crippen LogP contribution >= 0.6 is 11.6 Å². The Morgan fingerprint density at radius 2 is 1.94 bits per heavy atom. The van der Waals surface area contributed by atoms with E-state index >= 15 is 0 Å². The van der Waals surface area contributed by atoms with Crippen LogP contribution in [0.25, 0.3) is 0 Å². The van der Waals surface area contributed by atoms with Gasteiger partial charge in [0.2, 0.25) is 0 Å². The third-order valence-electron chi connectivity index (χ3n) is 2.52. The molecule has 0 saturated carbocycles. The molecular formula is C14H20ClNO2. The van der Waals surface area contributed by atoms with Crippen molar-refractivity contribution in [3.8, 4) is 0 Å². The topological polar surface area (TPSA) is 29.5 Å². The van der Waals surface area contributed by atoms with Gasteiger partial charge in [0.25, 0.3) is 0 Å². The van der Waals surface area contributed by atoms with Crippen LogP contribution in [0.4, 0.5) is 0 Å². The van der Waals surface area contributed by atoms with E-state index in [1.807, 2.05) is 31.2 Å². The minimum Gasteiger partial charge on any atom is -0.465 e. The first-order chi connectivity index (χ1) is 8.65. The molecule has 18 heavy (non-hydrogen) atoms. The first-order valence-corrected chi connectivity index (χ1v) is 6.66. The Kier molecular flexibility index (Phi) is 6.76. The van der Waals surface area contributed by atoms with E-state index in [4.69, 9.17) is 16.3 Å². The number of ether oxygens (including phenoxy) is 1. The Labute approximate surface area is 114 Å². The summed E-state index contributed by atoms with van der Waals surface area (Å²) in [5, 5.41) is 0.728. The summed E-state index contributed by atoms with van der Waals surface area (Å²) in [6.45, 7) is 6.30. The fraction of sp³-hybridized carbons (Fsp3) is 0.500. The van der Waals surface area contributed by atoms with Crippen molar-refractivity contribution in [2.24, 2.45) is 0 Å². The molecule has 0 aliphatic carbocycles. The smallest absolute Gasteiger partial charge is 0.320 e. The highest BCUT2D eigenvalue weighted by Gasteiger charge is 2.11. The summed E-state index contributed by atoms with van der Waals surface area (Å²) >= 11 is 5.85. The van der Waals surface area contributed by atoms with Crippen molar-refractivity contribution < 1.29 is 9.53 Å². The first kappa shape index (κ1) is 15.0. The first-order valence-electron chi connectivity index (χ1n) is 6.28. The van der Waals surface area contributed by atoms with Crippen LogP contribution in [0.1, 0.15) is 25.8 Å². The van der Waals surface area contributed by atoms with E-state index < -0.39 is 0 Å². The van der Waals surface area contributed by atoms with Gasteiger partial charge in [0.1, 0.15) is 0 Å². The van der Waals surface area contributed by atoms with Gasteiger partial charge in [-0.3, -0.25) is 9.69 Å². The zero-order valence-corrected chi connectivity index (χ0v) is 11.7. The minimum absolute atomic E-state index is 0.167. The highest BCUT2D eigenvalue weighted by molar-refractivity contribution is 6.30. The predicted molar refractivity (Wildman–Crippen MR) is 73.7 cm³/mol. The van der Waals surface area contributed by atoms with Crippen molar-refractivity contribution in [3.05, 3.63) is 34.9 Å². The number of hydrogen-bond acceptors (Lipinski definition) is 3. The molecule has 0 aliphatic rings. The van der Waals surface area contributed by atoms with Gasteiger partial charge in [0.05, 0.1) is 13.2 Å². The fourth-order valence-electron chi connectivity index (χ4n) is 1.77. The van der Waals surface area contributed by atoms with Crippen molar-refractivity contribution >= 4 is 17.6 Å². The number of halogens is 1. The van der Waals surface area contributed by atoms with Crippen LogP contribution in [-0.4, -0.2) is 30.6 Å². The molecule has 0 radical (unpaired) electrons. The SMILES string of the molecule is CCCN(CC(=O)OCC)Cc1ccc(Cl)cc1. The predicted octanol–water partition coefficient (Wildman–Crippen LogP) is 3.12. The zero-order valence-electron chi connectivity index (χ0n) is 11.0. The molecule has 0 aliphatic heterocycles. The molecular weight excluding hydrogens is 250 g/mol. The van der Waals surface area contributed by atoms with E-state index in [0.717, 1.165) is 30.1 Å². The average molecular weight is 270 g/mol. The highest BCUT2D eigenvalue weighted by Crippen LogP contribution is 2.11. The van der Waals surface area contributed by atoms with E-state index in [9.17, 15) is 4.79 Å². The monoisotopic (exact) mass is 269 g/mol. The summed E-state index contributed by atoms with van der Waals surface area (Å²) in [7, 11) is 0. The molecule has 0 fully saturated rings. The Balaban J connectivity index is 2.56. The number of carbonyl (C=O) groups is 1. The Hall–Kier alpha value is -1.06. The van der Waals surface area contributed by atoms with E-state index in [2.05, 4.69) is 11.8 Å². The van der Waals surface area contributed by atoms with Gasteiger partial charge in [0, 0.05) is 11.6 Å². The van der Waals surface area contributed by atoms with Crippen LogP contribution < -0.4 is 0 Å². The van der Waals surface area contributed by atoms with E-state index in [-0.39, 0.29) is 5.97 Å². The van der Waals surface area contributed by atoms with Gasteiger partial charge in [-0.1, -0.05) is 30.7 Å². The van der Waals surface area contributed by atoms with Crippen molar-refractivity contribution in [2.75, 3.05) is 19.7 Å². The Bertz CT molecular complexity index is 365. The van der Waals surface area contributed by atoms with Gasteiger partial charge in [-0.2, -0.15) is 0 Å². The molecule has 1 aromatic carbocycles. The summed E-state index contributed by atoms with van der Waals surface area (Å²) in [6.07, 6.45) is 1.01. The Morgan fingerprint density at radius 3 is 2.50 bits per heavy atom. The highest BCUT2D eigenvalue weighted by atomic mass is 35.5. The molecule has 3 nitrogen and oxygen atoms in total. The van der Waals surface area contributed by atoms with Crippen LogP contribution in [0.5, 0.6) is 0 Å². The largest absolute Gasteiger partial charge is 0.465 e. The van der Waals surface area contributed by atoms with Gasteiger partial charge in [-0.25, -0.2) is 0 Å². The second-order valence-corrected chi connectivity index (χ2v) is 4.58. The lowest BCUT2D eigenvalue weighted by Gasteiger charge is -2.20. The third kappa shape index (κ3) is 5.52. The molecule has 4 heteroatoms. The van der Waals surface area contributed by atoms with Gasteiger partial charge in [-0.05, 0) is 37.6 Å². The molecule has 0 saturated heterocycles. The number of benzene rings is 1. The number of esters is 1. The number of hydrogen-bond donors (Lipinski definition) is 0. The second-order valence-electron chi connectivity index (χ2n) is 4.14. The molecule has 0 unspecified atom stereocenters. The zero-order chi connectivity index (χ0) is 13.4. The average Bonchev–Trinajstić information content (AvgIpc) is 2.32. The summed E-state index contributed by atoms with van der Waals surface area (Å²) in [4.78, 5) is 13.6. The lowest BCUT2D eigenvalue weighted by atomic mass is 10.2. The van der Waals surface area contributed by atoms with Crippen molar-refractivity contribution in [1.82, 2.24) is 4.90 Å². The van der Waals surface area contributed by atoms with Crippen molar-refractivity contribution in [2.45, 2.75) is 26.8 Å². The lowest BCUT2D eigenvalue weighted by molar-refractivity contribution is -0.144. The standard InChI is InChI=1S/C14H20ClNO2/c1-3-9-16(11-14(17)18-4-2)10-12-5-7-13(15)8-6-12/h5-8H,3-4,9-11H2,1-2H3. The molecule has 1 rings (SSSR count). The maximum atomic E-state index is 11.5. The van der Waals surface area contributed by atoms with E-state index in [1.165, 1.54) is 0 Å². The quantitative estimate of drug-likeness (QED) is 0.713. The van der Waals surface area contributed by atoms with E-state index in [1.54, 1.807) is 0 Å². The molecule has 100 valence electrons. The molecule has 0 amide bonds. The molecule has 0 atom stereocenters. The van der Waals surface area contributed by atoms with Gasteiger partial charge in [0.15, 0.2) is 0 Å². The van der Waals surface area contributed by atoms with Crippen LogP contribution in [0, 0.1) is 0 Å². The van der Waals surface area contributed by atoms with Gasteiger partial charge in [-0.15, -0.1) is 0 Å². The molecule has 1 aromatic rings. The summed E-state index contributed by atoms with van der Waals surface area (Å²) in [6, 6.07) is 7.70. The van der Waals surface area contributed by atoms with Crippen LogP contribution in [0.2, 0.25) is 5.02 Å². The maximum Gasteiger partial charge on any atom is 0.320 e. The van der Waals surface area contributed by atoms with Gasteiger partial charge < -0.3 is 4.74 Å².